The summed E-state index contributed by atoms with van der Waals surface area (Å²) in [5.74, 6) is -17.5. The normalized spacial score (nSPS) is 14.2. The molecule has 0 bridgehead atoms. The number of aliphatic hydroxyl groups excluding tert-OH is 6. The molecule has 0 aliphatic heterocycles. The van der Waals surface area contributed by atoms with Crippen LogP contribution < -0.4 is 32.3 Å². The zero-order valence-corrected chi connectivity index (χ0v) is 74.9. The van der Waals surface area contributed by atoms with Crippen molar-refractivity contribution in [2.24, 2.45) is 5.73 Å². The maximum Gasteiger partial charge on any atom is 0.326 e. The number of rotatable bonds is 73. The Hall–Kier alpha value is -7.10. The maximum atomic E-state index is 12.4. The highest BCUT2D eigenvalue weighted by atomic mass is 33.1. The number of carboxylic acid groups (broad SMARTS) is 8. The van der Waals surface area contributed by atoms with Crippen molar-refractivity contribution in [3.05, 3.63) is 0 Å². The SMILES string of the molecule is CCC(O)CN(CCNC(=O)C(CS(=O)(=O)O)N(CC(=O)O)CC(=O)O)C(C)=O.CCC(O)CNCCNC(=O)C(CS(=O)(=O)O)N(CC(=O)O)CC(=O)O.CCC(O)COCCCCOCC(O)CN(C(C)=O)C(CCSSCCC(N)C(=O)O)C(=O)O.CCC(O)COCCCCOCC(O)CNCCNC(=O)C(CS(=O)(=O)O)N(CC(=O)O)CC(=O)O. The molecule has 11 atom stereocenters. The molecular weight excluding hydrogens is 1780 g/mol. The van der Waals surface area contributed by atoms with Crippen molar-refractivity contribution in [1.82, 2.24) is 51.1 Å². The van der Waals surface area contributed by atoms with Gasteiger partial charge in [-0.2, -0.15) is 25.3 Å². The first kappa shape index (κ1) is 124. The van der Waals surface area contributed by atoms with Crippen LogP contribution in [0.5, 0.6) is 0 Å². The van der Waals surface area contributed by atoms with Crippen LogP contribution >= 0.6 is 21.6 Å². The monoisotopic (exact) mass is 1910 g/mol. The van der Waals surface area contributed by atoms with Crippen molar-refractivity contribution < 1.29 is 192 Å². The van der Waals surface area contributed by atoms with E-state index in [2.05, 4.69) is 26.6 Å². The van der Waals surface area contributed by atoms with Gasteiger partial charge in [0, 0.05) is 117 Å². The fourth-order valence-corrected chi connectivity index (χ4v) is 14.4. The first-order chi connectivity index (χ1) is 58.2. The largest absolute Gasteiger partial charge is 0.480 e. The van der Waals surface area contributed by atoms with E-state index in [1.54, 1.807) is 13.8 Å². The number of unbranched alkanes of at least 4 members (excludes halogenated alkanes) is 2. The molecule has 732 valence electrons. The van der Waals surface area contributed by atoms with Gasteiger partial charge < -0.3 is 133 Å². The van der Waals surface area contributed by atoms with Crippen LogP contribution in [0.3, 0.4) is 0 Å². The zero-order valence-electron chi connectivity index (χ0n) is 70.8. The van der Waals surface area contributed by atoms with E-state index in [4.69, 9.17) is 74.1 Å². The van der Waals surface area contributed by atoms with Gasteiger partial charge in [-0.25, -0.2) is 4.79 Å². The summed E-state index contributed by atoms with van der Waals surface area (Å²) in [5, 5.41) is 142. The quantitative estimate of drug-likeness (QED) is 0.0153. The van der Waals surface area contributed by atoms with Crippen molar-refractivity contribution in [3.63, 3.8) is 0 Å². The summed E-state index contributed by atoms with van der Waals surface area (Å²) in [7, 11) is -11.4. The Balaban J connectivity index is -0.000000787. The molecule has 0 aliphatic carbocycles. The third-order valence-electron chi connectivity index (χ3n) is 16.5. The summed E-state index contributed by atoms with van der Waals surface area (Å²) in [6.07, 6.45) is 1.50. The van der Waals surface area contributed by atoms with E-state index in [9.17, 15) is 123 Å². The third kappa shape index (κ3) is 73.5. The van der Waals surface area contributed by atoms with Crippen molar-refractivity contribution in [2.75, 3.05) is 186 Å². The molecule has 0 heterocycles. The highest BCUT2D eigenvalue weighted by molar-refractivity contribution is 8.76. The summed E-state index contributed by atoms with van der Waals surface area (Å²) >= 11 is 0. The van der Waals surface area contributed by atoms with E-state index in [0.29, 0.717) is 104 Å². The first-order valence-electron chi connectivity index (χ1n) is 39.2. The summed E-state index contributed by atoms with van der Waals surface area (Å²) in [4.78, 5) is 153. The molecule has 56 heteroatoms. The number of aliphatic carboxylic acids is 8. The number of carboxylic acids is 8. The summed E-state index contributed by atoms with van der Waals surface area (Å²) in [5.41, 5.74) is 5.43. The average molecular weight is 1920 g/mol. The molecule has 51 nitrogen and oxygen atoms in total. The zero-order chi connectivity index (χ0) is 96.6. The van der Waals surface area contributed by atoms with E-state index in [1.165, 1.54) is 40.3 Å². The second-order valence-corrected chi connectivity index (χ2v) is 34.8. The molecule has 125 heavy (non-hydrogen) atoms. The Morgan fingerprint density at radius 2 is 0.680 bits per heavy atom. The third-order valence-corrected chi connectivity index (χ3v) is 21.2. The maximum absolute atomic E-state index is 12.4. The van der Waals surface area contributed by atoms with Gasteiger partial charge in [0.2, 0.25) is 29.5 Å². The number of hydrogen-bond donors (Lipinski definition) is 23. The molecule has 0 rings (SSSR count). The molecule has 0 fully saturated rings. The molecule has 0 spiro atoms. The van der Waals surface area contributed by atoms with Gasteiger partial charge >= 0.3 is 47.8 Å². The van der Waals surface area contributed by atoms with E-state index < -0.39 is 225 Å². The average Bonchev–Trinajstić information content (AvgIpc) is 0.849. The molecule has 0 aliphatic rings. The molecule has 5 amide bonds. The lowest BCUT2D eigenvalue weighted by molar-refractivity contribution is -0.151. The van der Waals surface area contributed by atoms with E-state index >= 15 is 0 Å². The lowest BCUT2D eigenvalue weighted by Crippen LogP contribution is -2.54. The van der Waals surface area contributed by atoms with Crippen molar-refractivity contribution >= 4 is 129 Å². The minimum absolute atomic E-state index is 0.0142. The van der Waals surface area contributed by atoms with E-state index in [-0.39, 0.29) is 91.0 Å². The predicted octanol–water partition coefficient (Wildman–Crippen LogP) is -7.19. The van der Waals surface area contributed by atoms with Gasteiger partial charge in [0.05, 0.1) is 120 Å². The standard InChI is InChI=1S/C21H40N2O9S2.C20H39N3O12S.C15H27N3O10S.C13H25N3O9S/c1-3-16(25)13-31-8-4-5-9-32-14-17(26)12-23(15(2)24)19(21(29)30)7-11-34-33-10-6-18(22)20(27)28;1-2-15(24)12-34-7-3-4-8-35-13-16(25)9-21-5-6-22-20(30)17(14-36(31,32)33)23(10-18(26)27)11-19(28)29;1-3-11(20)6-17(10(2)19)5-4-16-15(25)12(9-29(26,27)28)18(7-13(21)22)8-14(23)24;1-2-9(17)5-14-3-4-15-13(22)10(8-26(23,24)25)16(6-11(18)19)7-12(20)21/h16-19,25-26H,3-14,22H2,1-2H3,(H,27,28)(H,29,30);15-17,21,24-25H,2-14H2,1H3,(H,22,30)(H,26,27)(H,28,29)(H,31,32,33);11-12,20H,3-9H2,1-2H3,(H,16,25)(H,21,22)(H,23,24)(H,26,27,28);9-10,14,17H,2-8H2,1H3,(H,15,22)(H,18,19)(H,20,21)(H,23,24,25). The number of amides is 5. The van der Waals surface area contributed by atoms with Gasteiger partial charge in [-0.15, -0.1) is 0 Å². The van der Waals surface area contributed by atoms with Crippen molar-refractivity contribution in [3.8, 4) is 0 Å². The van der Waals surface area contributed by atoms with Gasteiger partial charge in [-0.3, -0.25) is 85.9 Å². The van der Waals surface area contributed by atoms with Gasteiger partial charge in [0.25, 0.3) is 30.4 Å². The highest BCUT2D eigenvalue weighted by Gasteiger charge is 2.37. The fourth-order valence-electron chi connectivity index (χ4n) is 9.90. The van der Waals surface area contributed by atoms with Crippen LogP contribution in [0.25, 0.3) is 0 Å². The summed E-state index contributed by atoms with van der Waals surface area (Å²) < 4.78 is 116. The molecule has 0 radical (unpaired) electrons. The highest BCUT2D eigenvalue weighted by Crippen LogP contribution is 2.25. The predicted molar refractivity (Wildman–Crippen MR) is 446 cm³/mol. The van der Waals surface area contributed by atoms with Crippen LogP contribution in [-0.2, 0) is 112 Å². The van der Waals surface area contributed by atoms with Crippen LogP contribution in [0.1, 0.15) is 106 Å². The Kier molecular flexibility index (Phi) is 71.3. The second-order valence-electron chi connectivity index (χ2n) is 27.6. The number of aliphatic hydroxyl groups is 6. The molecule has 0 saturated carbocycles. The molecular formula is C69H131N11O40S5. The molecule has 0 aromatic carbocycles. The Morgan fingerprint density at radius 3 is 0.968 bits per heavy atom. The van der Waals surface area contributed by atoms with Crippen molar-refractivity contribution in [2.45, 2.75) is 173 Å². The number of carbonyl (C=O) groups is 13. The Labute approximate surface area is 733 Å². The van der Waals surface area contributed by atoms with Crippen LogP contribution in [-0.4, -0.2) is 465 Å². The van der Waals surface area contributed by atoms with Gasteiger partial charge in [0.15, 0.2) is 0 Å². The second kappa shape index (κ2) is 71.8. The molecule has 0 aromatic rings. The molecule has 24 N–H and O–H groups in total. The number of carbonyl (C=O) groups excluding carboxylic acids is 5. The first-order valence-corrected chi connectivity index (χ1v) is 46.5. The van der Waals surface area contributed by atoms with Gasteiger partial charge in [0.1, 0.15) is 30.2 Å². The number of nitrogens with two attached hydrogens (primary N) is 1. The van der Waals surface area contributed by atoms with Gasteiger partial charge in [-0.1, -0.05) is 49.3 Å². The number of nitrogens with zero attached hydrogens (tertiary/aromatic N) is 5. The number of nitrogens with one attached hydrogen (secondary N) is 5. The van der Waals surface area contributed by atoms with Crippen LogP contribution in [0.15, 0.2) is 0 Å². The number of hydrogen-bond acceptors (Lipinski definition) is 37. The van der Waals surface area contributed by atoms with Gasteiger partial charge in [-0.05, 0) is 64.2 Å². The van der Waals surface area contributed by atoms with Crippen molar-refractivity contribution in [1.29, 1.82) is 0 Å². The summed E-state index contributed by atoms with van der Waals surface area (Å²) in [6.45, 7) is 7.06. The van der Waals surface area contributed by atoms with Crippen LogP contribution in [0.2, 0.25) is 0 Å². The Morgan fingerprint density at radius 1 is 0.376 bits per heavy atom. The lowest BCUT2D eigenvalue weighted by atomic mass is 10.1. The minimum Gasteiger partial charge on any atom is -0.480 e. The van der Waals surface area contributed by atoms with Crippen LogP contribution in [0.4, 0.5) is 0 Å². The van der Waals surface area contributed by atoms with Crippen LogP contribution in [0, 0.1) is 0 Å². The lowest BCUT2D eigenvalue weighted by Gasteiger charge is -2.29. The Bertz CT molecular complexity index is 3450. The van der Waals surface area contributed by atoms with E-state index in [1.807, 2.05) is 13.8 Å². The smallest absolute Gasteiger partial charge is 0.326 e. The summed E-state index contributed by atoms with van der Waals surface area (Å²) in [6, 6.07) is -7.24. The number of ether oxygens (including phenoxy) is 4. The molecule has 0 aromatic heterocycles. The van der Waals surface area contributed by atoms with E-state index in [0.717, 1.165) is 24.2 Å². The topological polar surface area (TPSA) is 808 Å². The fraction of sp³-hybridized carbons (Fsp3) is 0.812. The molecule has 11 unspecified atom stereocenters. The minimum atomic E-state index is -4.75. The molecule has 0 saturated heterocycles.